The summed E-state index contributed by atoms with van der Waals surface area (Å²) in [5, 5.41) is 0. The Morgan fingerprint density at radius 1 is 0.892 bits per heavy atom. The molecule has 0 saturated carbocycles. The maximum atomic E-state index is 13.0. The number of aliphatic imine (C=N–C) groups is 1. The first-order valence-electron chi connectivity index (χ1n) is 10.9. The number of rotatable bonds is 8. The maximum Gasteiger partial charge on any atom is 0.363 e. The number of carbonyl (C=O) groups is 2. The van der Waals surface area contributed by atoms with Crippen LogP contribution >= 0.6 is 15.9 Å². The molecule has 0 aliphatic carbocycles. The number of hydrogen-bond donors (Lipinski definition) is 0. The Kier molecular flexibility index (Phi) is 7.78. The molecule has 0 aromatic heterocycles. The van der Waals surface area contributed by atoms with Gasteiger partial charge in [-0.05, 0) is 54.6 Å². The fourth-order valence-electron chi connectivity index (χ4n) is 3.52. The minimum atomic E-state index is -0.671. The maximum absolute atomic E-state index is 13.0. The number of cyclic esters (lactones) is 1. The summed E-state index contributed by atoms with van der Waals surface area (Å²) in [4.78, 5) is 29.9. The molecular formula is C27H22BrNO8. The molecule has 0 bridgehead atoms. The number of carbonyl (C=O) groups excluding carboxylic acids is 2. The van der Waals surface area contributed by atoms with E-state index in [9.17, 15) is 9.59 Å². The average Bonchev–Trinajstić information content (AvgIpc) is 3.29. The van der Waals surface area contributed by atoms with Crippen molar-refractivity contribution in [3.8, 4) is 28.7 Å². The molecule has 3 aromatic rings. The Labute approximate surface area is 221 Å². The lowest BCUT2D eigenvalue weighted by molar-refractivity contribution is -0.129. The molecule has 0 atom stereocenters. The summed E-state index contributed by atoms with van der Waals surface area (Å²) < 4.78 is 32.9. The molecule has 10 heteroatoms. The molecule has 0 spiro atoms. The van der Waals surface area contributed by atoms with Gasteiger partial charge in [0, 0.05) is 15.6 Å². The second-order valence-electron chi connectivity index (χ2n) is 7.55. The third kappa shape index (κ3) is 5.59. The second kappa shape index (κ2) is 11.2. The first kappa shape index (κ1) is 25.8. The third-order valence-corrected chi connectivity index (χ3v) is 5.80. The van der Waals surface area contributed by atoms with Crippen LogP contribution in [0.1, 0.15) is 21.5 Å². The molecule has 37 heavy (non-hydrogen) atoms. The smallest absolute Gasteiger partial charge is 0.363 e. The van der Waals surface area contributed by atoms with Crippen LogP contribution in [0, 0.1) is 0 Å². The fourth-order valence-corrected chi connectivity index (χ4v) is 3.90. The highest BCUT2D eigenvalue weighted by Crippen LogP contribution is 2.38. The molecule has 0 unspecified atom stereocenters. The second-order valence-corrected chi connectivity index (χ2v) is 8.47. The minimum Gasteiger partial charge on any atom is -0.497 e. The van der Waals surface area contributed by atoms with E-state index in [-0.39, 0.29) is 22.9 Å². The molecule has 1 heterocycles. The Morgan fingerprint density at radius 3 is 2.27 bits per heavy atom. The normalized spacial score (nSPS) is 13.6. The van der Waals surface area contributed by atoms with Gasteiger partial charge in [-0.15, -0.1) is 0 Å². The van der Waals surface area contributed by atoms with Crippen LogP contribution in [0.25, 0.3) is 6.08 Å². The summed E-state index contributed by atoms with van der Waals surface area (Å²) in [5.74, 6) is 0.589. The molecular weight excluding hydrogens is 546 g/mol. The SMILES string of the molecule is COc1cccc(C2=N/C(=C\c3cc(Br)ccc3OC(=O)c3cc(OC)c(OC)c(OC)c3)C(=O)O2)c1. The zero-order chi connectivity index (χ0) is 26.5. The van der Waals surface area contributed by atoms with Crippen LogP contribution in [0.4, 0.5) is 0 Å². The zero-order valence-corrected chi connectivity index (χ0v) is 22.0. The number of ether oxygens (including phenoxy) is 6. The molecule has 1 aliphatic rings. The highest BCUT2D eigenvalue weighted by atomic mass is 79.9. The Morgan fingerprint density at radius 2 is 1.62 bits per heavy atom. The van der Waals surface area contributed by atoms with Crippen LogP contribution in [-0.2, 0) is 9.53 Å². The number of benzene rings is 3. The van der Waals surface area contributed by atoms with Gasteiger partial charge in [-0.3, -0.25) is 0 Å². The molecule has 0 amide bonds. The van der Waals surface area contributed by atoms with Crippen molar-refractivity contribution in [2.45, 2.75) is 0 Å². The Balaban J connectivity index is 1.67. The predicted molar refractivity (Wildman–Crippen MR) is 139 cm³/mol. The minimum absolute atomic E-state index is 0.0426. The van der Waals surface area contributed by atoms with E-state index in [1.165, 1.54) is 39.5 Å². The van der Waals surface area contributed by atoms with Crippen LogP contribution in [0.3, 0.4) is 0 Å². The summed E-state index contributed by atoms with van der Waals surface area (Å²) in [6.45, 7) is 0. The van der Waals surface area contributed by atoms with E-state index in [1.54, 1.807) is 49.6 Å². The summed E-state index contributed by atoms with van der Waals surface area (Å²) in [6.07, 6.45) is 1.48. The van der Waals surface area contributed by atoms with Gasteiger partial charge in [-0.25, -0.2) is 14.6 Å². The van der Waals surface area contributed by atoms with Gasteiger partial charge in [0.15, 0.2) is 17.2 Å². The molecule has 1 aliphatic heterocycles. The van der Waals surface area contributed by atoms with Crippen molar-refractivity contribution >= 4 is 39.8 Å². The monoisotopic (exact) mass is 567 g/mol. The largest absolute Gasteiger partial charge is 0.497 e. The predicted octanol–water partition coefficient (Wildman–Crippen LogP) is 5.05. The first-order valence-corrected chi connectivity index (χ1v) is 11.6. The van der Waals surface area contributed by atoms with Crippen LogP contribution in [0.15, 0.2) is 69.8 Å². The fraction of sp³-hybridized carbons (Fsp3) is 0.148. The quantitative estimate of drug-likeness (QED) is 0.212. The van der Waals surface area contributed by atoms with E-state index in [0.717, 1.165) is 0 Å². The third-order valence-electron chi connectivity index (χ3n) is 5.30. The van der Waals surface area contributed by atoms with E-state index in [0.29, 0.717) is 38.6 Å². The zero-order valence-electron chi connectivity index (χ0n) is 20.4. The molecule has 0 N–H and O–H groups in total. The Bertz CT molecular complexity index is 1400. The lowest BCUT2D eigenvalue weighted by Gasteiger charge is -2.14. The lowest BCUT2D eigenvalue weighted by Crippen LogP contribution is -2.10. The van der Waals surface area contributed by atoms with Gasteiger partial charge in [0.25, 0.3) is 0 Å². The molecule has 9 nitrogen and oxygen atoms in total. The van der Waals surface area contributed by atoms with Gasteiger partial charge in [-0.2, -0.15) is 0 Å². The van der Waals surface area contributed by atoms with E-state index in [2.05, 4.69) is 20.9 Å². The standard InChI is InChI=1S/C27H22BrNO8/c1-32-19-7-5-6-15(11-19)25-29-20(27(31)37-25)12-16-10-18(28)8-9-21(16)36-26(30)17-13-22(33-2)24(35-4)23(14-17)34-3/h5-14H,1-4H3/b20-12-. The molecule has 0 saturated heterocycles. The Hall–Kier alpha value is -4.31. The van der Waals surface area contributed by atoms with Crippen molar-refractivity contribution in [1.29, 1.82) is 0 Å². The highest BCUT2D eigenvalue weighted by Gasteiger charge is 2.25. The van der Waals surface area contributed by atoms with Crippen molar-refractivity contribution in [3.05, 3.63) is 81.5 Å². The van der Waals surface area contributed by atoms with E-state index in [4.69, 9.17) is 28.4 Å². The summed E-state index contributed by atoms with van der Waals surface area (Å²) >= 11 is 3.41. The molecule has 190 valence electrons. The molecule has 0 radical (unpaired) electrons. The summed E-state index contributed by atoms with van der Waals surface area (Å²) in [7, 11) is 5.91. The number of esters is 2. The van der Waals surface area contributed by atoms with Crippen molar-refractivity contribution in [1.82, 2.24) is 0 Å². The van der Waals surface area contributed by atoms with Crippen LogP contribution < -0.4 is 23.7 Å². The van der Waals surface area contributed by atoms with Crippen molar-refractivity contribution < 1.29 is 38.0 Å². The van der Waals surface area contributed by atoms with E-state index >= 15 is 0 Å². The topological polar surface area (TPSA) is 102 Å². The van der Waals surface area contributed by atoms with Crippen molar-refractivity contribution in [3.63, 3.8) is 0 Å². The van der Waals surface area contributed by atoms with Crippen LogP contribution in [0.2, 0.25) is 0 Å². The van der Waals surface area contributed by atoms with Crippen molar-refractivity contribution in [2.24, 2.45) is 4.99 Å². The first-order chi connectivity index (χ1) is 17.9. The van der Waals surface area contributed by atoms with Gasteiger partial charge < -0.3 is 28.4 Å². The molecule has 4 rings (SSSR count). The average molecular weight is 568 g/mol. The summed E-state index contributed by atoms with van der Waals surface area (Å²) in [5.41, 5.74) is 1.23. The van der Waals surface area contributed by atoms with Crippen molar-refractivity contribution in [2.75, 3.05) is 28.4 Å². The van der Waals surface area contributed by atoms with E-state index < -0.39 is 11.9 Å². The number of hydrogen-bond acceptors (Lipinski definition) is 9. The van der Waals surface area contributed by atoms with Gasteiger partial charge in [0.05, 0.1) is 34.0 Å². The highest BCUT2D eigenvalue weighted by molar-refractivity contribution is 9.10. The van der Waals surface area contributed by atoms with Gasteiger partial charge in [-0.1, -0.05) is 22.0 Å². The van der Waals surface area contributed by atoms with Crippen LogP contribution in [0.5, 0.6) is 28.7 Å². The van der Waals surface area contributed by atoms with E-state index in [1.807, 2.05) is 0 Å². The lowest BCUT2D eigenvalue weighted by atomic mass is 10.1. The molecule has 0 fully saturated rings. The number of methoxy groups -OCH3 is 4. The molecule has 3 aromatic carbocycles. The van der Waals surface area contributed by atoms with Crippen LogP contribution in [-0.4, -0.2) is 46.3 Å². The van der Waals surface area contributed by atoms with Gasteiger partial charge in [0.2, 0.25) is 11.6 Å². The number of nitrogens with zero attached hydrogens (tertiary/aromatic N) is 1. The summed E-state index contributed by atoms with van der Waals surface area (Å²) in [6, 6.07) is 15.0. The van der Waals surface area contributed by atoms with Gasteiger partial charge in [0.1, 0.15) is 11.5 Å². The number of halogens is 1. The van der Waals surface area contributed by atoms with Gasteiger partial charge >= 0.3 is 11.9 Å².